The average Bonchev–Trinajstić information content (AvgIpc) is 0.855. The molecular formula is C77H132N24O20. The molecule has 0 bridgehead atoms. The Morgan fingerprint density at radius 1 is 0.355 bits per heavy atom. The number of rotatable bonds is 58. The lowest BCUT2D eigenvalue weighted by Crippen LogP contribution is -2.61. The molecule has 0 unspecified atom stereocenters. The smallest absolute Gasteiger partial charge is 0.326 e. The van der Waals surface area contributed by atoms with Crippen molar-refractivity contribution in [3.63, 3.8) is 0 Å². The zero-order valence-electron chi connectivity index (χ0n) is 71.5. The van der Waals surface area contributed by atoms with Crippen LogP contribution in [0.5, 0.6) is 0 Å². The number of carbonyl (C=O) groups is 17. The van der Waals surface area contributed by atoms with Gasteiger partial charge in [0.1, 0.15) is 72.5 Å². The number of aliphatic carboxylic acids is 3. The van der Waals surface area contributed by atoms with Gasteiger partial charge in [0.15, 0.2) is 17.9 Å². The van der Waals surface area contributed by atoms with Crippen LogP contribution in [0.1, 0.15) is 179 Å². The van der Waals surface area contributed by atoms with Crippen LogP contribution in [0.2, 0.25) is 0 Å². The lowest BCUT2D eigenvalue weighted by Gasteiger charge is -2.29. The van der Waals surface area contributed by atoms with Crippen LogP contribution in [0.3, 0.4) is 0 Å². The Hall–Kier alpha value is -12.0. The van der Waals surface area contributed by atoms with Gasteiger partial charge in [-0.05, 0) is 119 Å². The number of nitrogens with one attached hydrogen (secondary N) is 14. The van der Waals surface area contributed by atoms with Gasteiger partial charge in [0.25, 0.3) is 0 Å². The molecule has 0 aliphatic heterocycles. The fraction of sp³-hybridized carbons (Fsp3) is 0.662. The summed E-state index contributed by atoms with van der Waals surface area (Å²) >= 11 is 0. The van der Waals surface area contributed by atoms with Gasteiger partial charge in [0.2, 0.25) is 82.7 Å². The number of hydrogen-bond donors (Lipinski definition) is 24. The van der Waals surface area contributed by atoms with E-state index in [1.54, 1.807) is 99.6 Å². The second-order valence-corrected chi connectivity index (χ2v) is 31.6. The Morgan fingerprint density at radius 2 is 0.678 bits per heavy atom. The molecular weight excluding hydrogens is 1580 g/mol. The van der Waals surface area contributed by atoms with Gasteiger partial charge < -0.3 is 130 Å². The van der Waals surface area contributed by atoms with Crippen LogP contribution in [-0.2, 0) is 87.9 Å². The van der Waals surface area contributed by atoms with Crippen LogP contribution in [0.4, 0.5) is 0 Å². The SMILES string of the molecule is CC[C@H](C)[C@H](NC(=O)CNC(=O)[C@H](C)NC(=O)[C@@H](N)Cc1ccccc1)C(=O)N[C@@H](CCCN=C(N)N)C(=O)N[C@@H](CCCN=C(N)N)C(=O)N[C@@H](CC(=O)O)C(=O)NCC(=O)N[C@@H](CC(C)C)C(=O)N[C@@H](CC(C)C)C(=O)N[C@@H](CC(C)C)C(=O)N[C@@H](CCCN=C(N)N)C(=O)N[C@@H](CC(C)C)C(=O)N[C@H](C(=O)N[C@@H](CC(=O)O)C(=O)O)C(C)C. The van der Waals surface area contributed by atoms with Crippen molar-refractivity contribution in [2.75, 3.05) is 32.7 Å². The molecule has 0 aliphatic rings. The maximum Gasteiger partial charge on any atom is 0.326 e. The van der Waals surface area contributed by atoms with E-state index in [9.17, 15) is 96.8 Å². The number of guanidine groups is 3. The molecule has 44 heteroatoms. The molecule has 0 aliphatic carbocycles. The van der Waals surface area contributed by atoms with Crippen molar-refractivity contribution in [3.8, 4) is 0 Å². The number of hydrogen-bond acceptors (Lipinski definition) is 21. The number of aliphatic imine (C=N–C) groups is 3. The van der Waals surface area contributed by atoms with Gasteiger partial charge in [-0.1, -0.05) is 120 Å². The largest absolute Gasteiger partial charge is 0.481 e. The molecule has 1 aromatic carbocycles. The summed E-state index contributed by atoms with van der Waals surface area (Å²) in [5, 5.41) is 64.0. The molecule has 0 spiro atoms. The Bertz CT molecular complexity index is 3720. The highest BCUT2D eigenvalue weighted by molar-refractivity contribution is 6.00. The Balaban J connectivity index is 3.60. The summed E-state index contributed by atoms with van der Waals surface area (Å²) in [5.41, 5.74) is 40.2. The van der Waals surface area contributed by atoms with Crippen LogP contribution in [0, 0.1) is 35.5 Å². The third kappa shape index (κ3) is 44.6. The predicted octanol–water partition coefficient (Wildman–Crippen LogP) is -5.29. The van der Waals surface area contributed by atoms with Crippen LogP contribution in [0.25, 0.3) is 0 Å². The van der Waals surface area contributed by atoms with E-state index in [4.69, 9.17) is 40.1 Å². The number of carboxylic acid groups (broad SMARTS) is 3. The number of carboxylic acids is 3. The zero-order valence-corrected chi connectivity index (χ0v) is 71.5. The maximum atomic E-state index is 14.6. The molecule has 44 nitrogen and oxygen atoms in total. The summed E-state index contributed by atoms with van der Waals surface area (Å²) in [4.78, 5) is 243. The molecule has 0 fully saturated rings. The Morgan fingerprint density at radius 3 is 1.04 bits per heavy atom. The van der Waals surface area contributed by atoms with E-state index >= 15 is 0 Å². The highest BCUT2D eigenvalue weighted by atomic mass is 16.4. The summed E-state index contributed by atoms with van der Waals surface area (Å²) in [6.45, 7) is 19.9. The first-order valence-electron chi connectivity index (χ1n) is 40.4. The van der Waals surface area contributed by atoms with Gasteiger partial charge >= 0.3 is 17.9 Å². The first-order chi connectivity index (χ1) is 56.5. The van der Waals surface area contributed by atoms with Crippen LogP contribution < -0.4 is 115 Å². The van der Waals surface area contributed by atoms with Crippen LogP contribution in [-0.4, -0.2) is 245 Å². The normalized spacial score (nSPS) is 14.6. The molecule has 14 atom stereocenters. The van der Waals surface area contributed by atoms with Crippen LogP contribution in [0.15, 0.2) is 45.3 Å². The minimum Gasteiger partial charge on any atom is -0.481 e. The molecule has 0 heterocycles. The number of amides is 14. The lowest BCUT2D eigenvalue weighted by molar-refractivity contribution is -0.147. The lowest BCUT2D eigenvalue weighted by atomic mass is 9.97. The topological polar surface area (TPSA) is 739 Å². The summed E-state index contributed by atoms with van der Waals surface area (Å²) < 4.78 is 0. The van der Waals surface area contributed by atoms with Gasteiger partial charge in [-0.3, -0.25) is 91.7 Å². The van der Waals surface area contributed by atoms with Gasteiger partial charge in [0.05, 0.1) is 32.0 Å². The third-order valence-corrected chi connectivity index (χ3v) is 18.4. The van der Waals surface area contributed by atoms with Gasteiger partial charge in [-0.2, -0.15) is 0 Å². The van der Waals surface area contributed by atoms with Crippen molar-refractivity contribution in [3.05, 3.63) is 35.9 Å². The minimum absolute atomic E-state index is 0.0246. The molecule has 0 radical (unpaired) electrons. The molecule has 121 heavy (non-hydrogen) atoms. The van der Waals surface area contributed by atoms with Gasteiger partial charge in [0, 0.05) is 19.6 Å². The standard InChI is InChI=1S/C77H132N24O20/c1-14-43(12)61(100-57(103)37-88-62(108)44(13)90-63(109)46(78)33-45-21-16-15-17-22-45)73(119)94-49(25-20-28-87-77(83)84)65(111)92-47(23-18-26-85-75(79)80)67(113)98-54(34-58(104)105)64(110)89-36-56(102)91-50(29-38(2)3)68(114)96-52(31-40(6)7)70(116)97-51(30-39(4)5)69(115)93-48(24-19-27-86-76(81)82)66(112)95-53(32-41(8)9)71(117)101-60(42(10)11)72(118)99-55(74(120)121)35-59(106)107/h15-17,21-22,38-44,46-55,60-61H,14,18-20,23-37,78H2,1-13H3,(H,88,108)(H,89,110)(H,90,109)(H,91,102)(H,92,111)(H,93,115)(H,94,119)(H,95,112)(H,96,114)(H,97,116)(H,98,113)(H,99,118)(H,100,103)(H,101,117)(H,104,105)(H,106,107)(H,120,121)(H4,79,80,85)(H4,81,82,86)(H4,83,84,87)/t43-,44-,46-,47-,48-,49-,50-,51-,52-,53-,54-,55-,60-,61-/m0/s1. The average molecular weight is 1710 g/mol. The van der Waals surface area contributed by atoms with Crippen molar-refractivity contribution >= 4 is 118 Å². The molecule has 1 aromatic rings. The van der Waals surface area contributed by atoms with Crippen molar-refractivity contribution in [2.24, 2.45) is 90.6 Å². The third-order valence-electron chi connectivity index (χ3n) is 18.4. The van der Waals surface area contributed by atoms with Gasteiger partial charge in [-0.15, -0.1) is 0 Å². The Labute approximate surface area is 704 Å². The monoisotopic (exact) mass is 1710 g/mol. The second kappa shape index (κ2) is 55.7. The van der Waals surface area contributed by atoms with E-state index in [0.29, 0.717) is 6.42 Å². The Kier molecular flexibility index (Phi) is 49.2. The van der Waals surface area contributed by atoms with Crippen LogP contribution >= 0.6 is 0 Å². The minimum atomic E-state index is -1.96. The highest BCUT2D eigenvalue weighted by Gasteiger charge is 2.39. The molecule has 31 N–H and O–H groups in total. The van der Waals surface area contributed by atoms with Gasteiger partial charge in [-0.25, -0.2) is 4.79 Å². The fourth-order valence-electron chi connectivity index (χ4n) is 12.0. The molecule has 680 valence electrons. The van der Waals surface area contributed by atoms with E-state index in [1.807, 2.05) is 0 Å². The highest BCUT2D eigenvalue weighted by Crippen LogP contribution is 2.17. The number of benzene rings is 1. The first-order valence-corrected chi connectivity index (χ1v) is 40.4. The fourth-order valence-corrected chi connectivity index (χ4v) is 12.0. The van der Waals surface area contributed by atoms with Crippen molar-refractivity contribution in [1.82, 2.24) is 74.4 Å². The summed E-state index contributed by atoms with van der Waals surface area (Å²) in [6.07, 6.45) is -2.31. The molecule has 14 amide bonds. The summed E-state index contributed by atoms with van der Waals surface area (Å²) in [6, 6.07) is -9.99. The molecule has 0 saturated carbocycles. The van der Waals surface area contributed by atoms with Crippen molar-refractivity contribution < 1.29 is 96.8 Å². The number of carbonyl (C=O) groups excluding carboxylic acids is 14. The zero-order chi connectivity index (χ0) is 92.1. The molecule has 1 rings (SSSR count). The van der Waals surface area contributed by atoms with E-state index in [0.717, 1.165) is 5.56 Å². The molecule has 0 saturated heterocycles. The van der Waals surface area contributed by atoms with E-state index < -0.39 is 217 Å². The van der Waals surface area contributed by atoms with E-state index in [2.05, 4.69) is 89.4 Å². The van der Waals surface area contributed by atoms with Crippen molar-refractivity contribution in [1.29, 1.82) is 0 Å². The second-order valence-electron chi connectivity index (χ2n) is 31.6. The number of nitrogens with two attached hydrogens (primary N) is 7. The van der Waals surface area contributed by atoms with Crippen molar-refractivity contribution in [2.45, 2.75) is 258 Å². The maximum absolute atomic E-state index is 14.6. The predicted molar refractivity (Wildman–Crippen MR) is 447 cm³/mol. The van der Waals surface area contributed by atoms with E-state index in [1.165, 1.54) is 20.8 Å². The molecule has 0 aromatic heterocycles. The first kappa shape index (κ1) is 107. The summed E-state index contributed by atoms with van der Waals surface area (Å²) in [5.74, 6) is -21.1. The van der Waals surface area contributed by atoms with E-state index in [-0.39, 0.29) is 132 Å². The summed E-state index contributed by atoms with van der Waals surface area (Å²) in [7, 11) is 0. The quantitative estimate of drug-likeness (QED) is 0.0165. The number of nitrogens with zero attached hydrogens (tertiary/aromatic N) is 3.